The van der Waals surface area contributed by atoms with Crippen molar-refractivity contribution in [1.29, 1.82) is 0 Å². The average Bonchev–Trinajstić information content (AvgIpc) is 3.26. The van der Waals surface area contributed by atoms with E-state index in [9.17, 15) is 4.79 Å². The number of ether oxygens (including phenoxy) is 1. The van der Waals surface area contributed by atoms with Crippen molar-refractivity contribution in [3.63, 3.8) is 0 Å². The fourth-order valence-electron chi connectivity index (χ4n) is 3.67. The second-order valence-electron chi connectivity index (χ2n) is 6.64. The zero-order valence-corrected chi connectivity index (χ0v) is 15.1. The number of hydrogen-bond acceptors (Lipinski definition) is 5. The summed E-state index contributed by atoms with van der Waals surface area (Å²) in [6.07, 6.45) is 4.84. The van der Waals surface area contributed by atoms with Crippen LogP contribution < -0.4 is 10.1 Å². The Morgan fingerprint density at radius 2 is 2.19 bits per heavy atom. The summed E-state index contributed by atoms with van der Waals surface area (Å²) in [6, 6.07) is 13.7. The highest BCUT2D eigenvalue weighted by atomic mass is 16.5. The zero-order chi connectivity index (χ0) is 18.6. The SMILES string of the molecule is COc1ccc(C(=O)NCC2CCCc3ccccc32)cc1-n1cnnn1. The van der Waals surface area contributed by atoms with Crippen LogP contribution in [0.2, 0.25) is 0 Å². The molecule has 0 spiro atoms. The number of aryl methyl sites for hydroxylation is 1. The second kappa shape index (κ2) is 7.57. The van der Waals surface area contributed by atoms with E-state index in [-0.39, 0.29) is 5.91 Å². The van der Waals surface area contributed by atoms with E-state index < -0.39 is 0 Å². The van der Waals surface area contributed by atoms with Crippen LogP contribution in [0.5, 0.6) is 5.75 Å². The Balaban J connectivity index is 1.50. The van der Waals surface area contributed by atoms with Gasteiger partial charge in [0.05, 0.1) is 7.11 Å². The van der Waals surface area contributed by atoms with Crippen LogP contribution in [-0.2, 0) is 6.42 Å². The van der Waals surface area contributed by atoms with E-state index in [4.69, 9.17) is 4.74 Å². The molecule has 3 aromatic rings. The molecule has 1 aromatic heterocycles. The Morgan fingerprint density at radius 3 is 3.00 bits per heavy atom. The lowest BCUT2D eigenvalue weighted by molar-refractivity contribution is 0.0950. The van der Waals surface area contributed by atoms with Gasteiger partial charge >= 0.3 is 0 Å². The summed E-state index contributed by atoms with van der Waals surface area (Å²) in [5, 5.41) is 14.2. The fraction of sp³-hybridized carbons (Fsp3) is 0.300. The van der Waals surface area contributed by atoms with E-state index in [0.717, 1.165) is 19.3 Å². The first-order chi connectivity index (χ1) is 13.3. The summed E-state index contributed by atoms with van der Waals surface area (Å²) in [6.45, 7) is 0.627. The van der Waals surface area contributed by atoms with Gasteiger partial charge in [-0.2, -0.15) is 4.68 Å². The average molecular weight is 363 g/mol. The molecule has 0 radical (unpaired) electrons. The van der Waals surface area contributed by atoms with Crippen molar-refractivity contribution in [3.8, 4) is 11.4 Å². The highest BCUT2D eigenvalue weighted by Crippen LogP contribution is 2.31. The monoisotopic (exact) mass is 363 g/mol. The molecule has 27 heavy (non-hydrogen) atoms. The molecular weight excluding hydrogens is 342 g/mol. The second-order valence-corrected chi connectivity index (χ2v) is 6.64. The first-order valence-electron chi connectivity index (χ1n) is 9.03. The number of nitrogens with zero attached hydrogens (tertiary/aromatic N) is 4. The third kappa shape index (κ3) is 3.53. The third-order valence-corrected chi connectivity index (χ3v) is 5.04. The Labute approximate surface area is 157 Å². The number of hydrogen-bond donors (Lipinski definition) is 1. The molecule has 0 aliphatic heterocycles. The van der Waals surface area contributed by atoms with Crippen molar-refractivity contribution in [1.82, 2.24) is 25.5 Å². The molecular formula is C20H21N5O2. The number of amides is 1. The molecule has 1 unspecified atom stereocenters. The van der Waals surface area contributed by atoms with Gasteiger partial charge in [0.15, 0.2) is 0 Å². The quantitative estimate of drug-likeness (QED) is 0.753. The molecule has 4 rings (SSSR count). The minimum Gasteiger partial charge on any atom is -0.494 e. The van der Waals surface area contributed by atoms with Gasteiger partial charge < -0.3 is 10.1 Å². The van der Waals surface area contributed by atoms with Crippen LogP contribution in [0.4, 0.5) is 0 Å². The van der Waals surface area contributed by atoms with Crippen molar-refractivity contribution in [3.05, 3.63) is 65.5 Å². The first kappa shape index (κ1) is 17.2. The number of rotatable bonds is 5. The third-order valence-electron chi connectivity index (χ3n) is 5.04. The Bertz CT molecular complexity index is 939. The van der Waals surface area contributed by atoms with E-state index in [1.54, 1.807) is 25.3 Å². The fourth-order valence-corrected chi connectivity index (χ4v) is 3.67. The number of methoxy groups -OCH3 is 1. The smallest absolute Gasteiger partial charge is 0.251 e. The van der Waals surface area contributed by atoms with Gasteiger partial charge in [0, 0.05) is 18.0 Å². The number of benzene rings is 2. The van der Waals surface area contributed by atoms with Gasteiger partial charge in [-0.05, 0) is 59.0 Å². The normalized spacial score (nSPS) is 15.8. The number of carbonyl (C=O) groups excluding carboxylic acids is 1. The molecule has 0 fully saturated rings. The maximum atomic E-state index is 12.7. The van der Waals surface area contributed by atoms with E-state index in [0.29, 0.717) is 29.5 Å². The Hall–Kier alpha value is -3.22. The molecule has 7 heteroatoms. The molecule has 1 N–H and O–H groups in total. The van der Waals surface area contributed by atoms with Gasteiger partial charge in [-0.1, -0.05) is 24.3 Å². The van der Waals surface area contributed by atoms with E-state index in [2.05, 4.69) is 45.1 Å². The molecule has 1 amide bonds. The summed E-state index contributed by atoms with van der Waals surface area (Å²) in [7, 11) is 1.57. The molecule has 1 heterocycles. The highest BCUT2D eigenvalue weighted by Gasteiger charge is 2.21. The number of carbonyl (C=O) groups is 1. The van der Waals surface area contributed by atoms with Gasteiger partial charge in [-0.3, -0.25) is 4.79 Å². The van der Waals surface area contributed by atoms with Gasteiger partial charge in [-0.15, -0.1) is 5.10 Å². The predicted octanol–water partition coefficient (Wildman–Crippen LogP) is 2.52. The van der Waals surface area contributed by atoms with E-state index in [1.807, 2.05) is 0 Å². The van der Waals surface area contributed by atoms with Crippen LogP contribution in [0.3, 0.4) is 0 Å². The summed E-state index contributed by atoms with van der Waals surface area (Å²) >= 11 is 0. The van der Waals surface area contributed by atoms with Crippen LogP contribution in [0.15, 0.2) is 48.8 Å². The molecule has 0 saturated heterocycles. The molecule has 0 saturated carbocycles. The highest BCUT2D eigenvalue weighted by molar-refractivity contribution is 5.95. The predicted molar refractivity (Wildman–Crippen MR) is 100 cm³/mol. The van der Waals surface area contributed by atoms with Crippen LogP contribution in [-0.4, -0.2) is 39.8 Å². The largest absolute Gasteiger partial charge is 0.494 e. The lowest BCUT2D eigenvalue weighted by atomic mass is 9.83. The van der Waals surface area contributed by atoms with E-state index >= 15 is 0 Å². The molecule has 2 aromatic carbocycles. The lowest BCUT2D eigenvalue weighted by Gasteiger charge is -2.25. The Kier molecular flexibility index (Phi) is 4.82. The lowest BCUT2D eigenvalue weighted by Crippen LogP contribution is -2.30. The first-order valence-corrected chi connectivity index (χ1v) is 9.03. The van der Waals surface area contributed by atoms with Crippen molar-refractivity contribution in [2.45, 2.75) is 25.2 Å². The molecule has 1 aliphatic carbocycles. The number of fused-ring (bicyclic) bond motifs is 1. The van der Waals surface area contributed by atoms with Crippen molar-refractivity contribution < 1.29 is 9.53 Å². The summed E-state index contributed by atoms with van der Waals surface area (Å²) in [5.41, 5.74) is 3.92. The molecule has 138 valence electrons. The minimum atomic E-state index is -0.116. The summed E-state index contributed by atoms with van der Waals surface area (Å²) in [5.74, 6) is 0.839. The van der Waals surface area contributed by atoms with Crippen molar-refractivity contribution >= 4 is 5.91 Å². The molecule has 1 atom stereocenters. The van der Waals surface area contributed by atoms with Gasteiger partial charge in [0.25, 0.3) is 5.91 Å². The molecule has 7 nitrogen and oxygen atoms in total. The van der Waals surface area contributed by atoms with Gasteiger partial charge in [0.1, 0.15) is 17.8 Å². The van der Waals surface area contributed by atoms with Crippen LogP contribution >= 0.6 is 0 Å². The van der Waals surface area contributed by atoms with Crippen LogP contribution in [0.25, 0.3) is 5.69 Å². The van der Waals surface area contributed by atoms with Crippen molar-refractivity contribution in [2.24, 2.45) is 0 Å². The molecule has 1 aliphatic rings. The number of tetrazole rings is 1. The zero-order valence-electron chi connectivity index (χ0n) is 15.1. The van der Waals surface area contributed by atoms with E-state index in [1.165, 1.54) is 22.1 Å². The number of aromatic nitrogens is 4. The summed E-state index contributed by atoms with van der Waals surface area (Å²) < 4.78 is 6.83. The topological polar surface area (TPSA) is 81.9 Å². The van der Waals surface area contributed by atoms with Crippen molar-refractivity contribution in [2.75, 3.05) is 13.7 Å². The van der Waals surface area contributed by atoms with Gasteiger partial charge in [-0.25, -0.2) is 0 Å². The number of nitrogens with one attached hydrogen (secondary N) is 1. The summed E-state index contributed by atoms with van der Waals surface area (Å²) in [4.78, 5) is 12.7. The maximum Gasteiger partial charge on any atom is 0.251 e. The van der Waals surface area contributed by atoms with Crippen LogP contribution in [0, 0.1) is 0 Å². The van der Waals surface area contributed by atoms with Crippen LogP contribution in [0.1, 0.15) is 40.2 Å². The molecule has 0 bridgehead atoms. The van der Waals surface area contributed by atoms with Gasteiger partial charge in [0.2, 0.25) is 0 Å². The minimum absolute atomic E-state index is 0.116. The Morgan fingerprint density at radius 1 is 1.30 bits per heavy atom. The maximum absolute atomic E-state index is 12.7. The standard InChI is InChI=1S/C20H21N5O2/c1-27-19-10-9-15(11-18(19)25-13-22-23-24-25)20(26)21-12-16-7-4-6-14-5-2-3-8-17(14)16/h2-3,5,8-11,13,16H,4,6-7,12H2,1H3,(H,21,26).